The predicted molar refractivity (Wildman–Crippen MR) is 70.5 cm³/mol. The first-order valence-electron chi connectivity index (χ1n) is 6.25. The van der Waals surface area contributed by atoms with Crippen LogP contribution in [0.3, 0.4) is 0 Å². The Kier molecular flexibility index (Phi) is 5.79. The molecule has 0 spiro atoms. The fraction of sp³-hybridized carbons (Fsp3) is 0.429. The first-order chi connectivity index (χ1) is 9.32. The molecule has 0 saturated carbocycles. The molecule has 0 heterocycles. The van der Waals surface area contributed by atoms with Crippen molar-refractivity contribution >= 4 is 11.8 Å². The quantitative estimate of drug-likeness (QED) is 0.685. The van der Waals surface area contributed by atoms with Crippen LogP contribution >= 0.6 is 0 Å². The number of carboxylic acids is 1. The lowest BCUT2D eigenvalue weighted by atomic mass is 9.91. The molecule has 0 saturated heterocycles. The van der Waals surface area contributed by atoms with Crippen LogP contribution in [0.15, 0.2) is 24.3 Å². The fourth-order valence-corrected chi connectivity index (χ4v) is 1.82. The molecule has 0 amide bonds. The highest BCUT2D eigenvalue weighted by atomic mass is 19.1. The SMILES string of the molecule is C[C@H](O)[C@@H](N)C(=O)CC(Cc1ccccc1F)C(=O)O. The van der Waals surface area contributed by atoms with Gasteiger partial charge in [0, 0.05) is 6.42 Å². The minimum Gasteiger partial charge on any atom is -0.481 e. The Hall–Kier alpha value is -1.79. The van der Waals surface area contributed by atoms with Crippen LogP contribution in [0.25, 0.3) is 0 Å². The lowest BCUT2D eigenvalue weighted by Crippen LogP contribution is -2.41. The minimum atomic E-state index is -1.20. The number of carbonyl (C=O) groups is 2. The Bertz CT molecular complexity index is 490. The number of ketones is 1. The zero-order valence-electron chi connectivity index (χ0n) is 11.1. The van der Waals surface area contributed by atoms with Gasteiger partial charge in [0.05, 0.1) is 18.1 Å². The third-order valence-corrected chi connectivity index (χ3v) is 3.11. The number of carbonyl (C=O) groups excluding carboxylic acids is 1. The largest absolute Gasteiger partial charge is 0.481 e. The average molecular weight is 283 g/mol. The summed E-state index contributed by atoms with van der Waals surface area (Å²) in [4.78, 5) is 22.9. The van der Waals surface area contributed by atoms with Gasteiger partial charge in [0.2, 0.25) is 0 Å². The number of carboxylic acid groups (broad SMARTS) is 1. The van der Waals surface area contributed by atoms with Crippen LogP contribution in [0.5, 0.6) is 0 Å². The minimum absolute atomic E-state index is 0.0969. The van der Waals surface area contributed by atoms with Crippen molar-refractivity contribution in [2.24, 2.45) is 11.7 Å². The van der Waals surface area contributed by atoms with Crippen molar-refractivity contribution in [3.8, 4) is 0 Å². The fourth-order valence-electron chi connectivity index (χ4n) is 1.82. The Labute approximate surface area is 116 Å². The summed E-state index contributed by atoms with van der Waals surface area (Å²) in [6, 6.07) is 4.68. The van der Waals surface area contributed by atoms with Crippen molar-refractivity contribution in [2.75, 3.05) is 0 Å². The summed E-state index contributed by atoms with van der Waals surface area (Å²) < 4.78 is 13.5. The molecule has 1 unspecified atom stereocenters. The van der Waals surface area contributed by atoms with Gasteiger partial charge in [-0.1, -0.05) is 18.2 Å². The molecule has 1 rings (SSSR count). The van der Waals surface area contributed by atoms with E-state index in [2.05, 4.69) is 0 Å². The van der Waals surface area contributed by atoms with Crippen LogP contribution in [0.4, 0.5) is 4.39 Å². The number of benzene rings is 1. The highest BCUT2D eigenvalue weighted by Gasteiger charge is 2.27. The number of rotatable bonds is 7. The third kappa shape index (κ3) is 4.40. The summed E-state index contributed by atoms with van der Waals surface area (Å²) in [5.41, 5.74) is 5.70. The summed E-state index contributed by atoms with van der Waals surface area (Å²) in [6.45, 7) is 1.36. The molecule has 110 valence electrons. The maximum absolute atomic E-state index is 13.5. The second-order valence-electron chi connectivity index (χ2n) is 4.77. The monoisotopic (exact) mass is 283 g/mol. The molecular formula is C14H18FNO4. The number of hydrogen-bond donors (Lipinski definition) is 3. The highest BCUT2D eigenvalue weighted by Crippen LogP contribution is 2.17. The van der Waals surface area contributed by atoms with E-state index in [1.54, 1.807) is 6.07 Å². The van der Waals surface area contributed by atoms with Crippen LogP contribution in [-0.4, -0.2) is 34.1 Å². The molecule has 3 atom stereocenters. The van der Waals surface area contributed by atoms with E-state index in [0.29, 0.717) is 0 Å². The van der Waals surface area contributed by atoms with Crippen LogP contribution in [-0.2, 0) is 16.0 Å². The van der Waals surface area contributed by atoms with Crippen molar-refractivity contribution in [3.63, 3.8) is 0 Å². The average Bonchev–Trinajstić information content (AvgIpc) is 2.38. The van der Waals surface area contributed by atoms with Crippen molar-refractivity contribution in [2.45, 2.75) is 31.9 Å². The first-order valence-corrected chi connectivity index (χ1v) is 6.25. The molecule has 0 aliphatic carbocycles. The van der Waals surface area contributed by atoms with Gasteiger partial charge >= 0.3 is 5.97 Å². The first kappa shape index (κ1) is 16.3. The van der Waals surface area contributed by atoms with E-state index in [4.69, 9.17) is 10.8 Å². The summed E-state index contributed by atoms with van der Waals surface area (Å²) in [5.74, 6) is -3.32. The topological polar surface area (TPSA) is 101 Å². The van der Waals surface area contributed by atoms with E-state index >= 15 is 0 Å². The van der Waals surface area contributed by atoms with Gasteiger partial charge in [-0.15, -0.1) is 0 Å². The van der Waals surface area contributed by atoms with E-state index in [1.165, 1.54) is 25.1 Å². The molecule has 6 heteroatoms. The normalized spacial score (nSPS) is 15.4. The van der Waals surface area contributed by atoms with Crippen LogP contribution in [0.1, 0.15) is 18.9 Å². The highest BCUT2D eigenvalue weighted by molar-refractivity contribution is 5.88. The Morgan fingerprint density at radius 3 is 2.45 bits per heavy atom. The molecule has 1 aromatic rings. The summed E-state index contributed by atoms with van der Waals surface area (Å²) >= 11 is 0. The van der Waals surface area contributed by atoms with Gasteiger partial charge < -0.3 is 15.9 Å². The summed E-state index contributed by atoms with van der Waals surface area (Å²) in [6.07, 6.45) is -1.49. The molecule has 0 bridgehead atoms. The second kappa shape index (κ2) is 7.12. The van der Waals surface area contributed by atoms with Crippen LogP contribution in [0, 0.1) is 11.7 Å². The Morgan fingerprint density at radius 1 is 1.35 bits per heavy atom. The molecule has 0 aromatic heterocycles. The molecule has 4 N–H and O–H groups in total. The van der Waals surface area contributed by atoms with E-state index in [1.807, 2.05) is 0 Å². The van der Waals surface area contributed by atoms with Gasteiger partial charge in [-0.25, -0.2) is 4.39 Å². The van der Waals surface area contributed by atoms with Gasteiger partial charge in [0.1, 0.15) is 5.82 Å². The lowest BCUT2D eigenvalue weighted by Gasteiger charge is -2.17. The molecule has 1 aromatic carbocycles. The summed E-state index contributed by atoms with van der Waals surface area (Å²) in [7, 11) is 0. The second-order valence-corrected chi connectivity index (χ2v) is 4.77. The molecule has 5 nitrogen and oxygen atoms in total. The number of hydrogen-bond acceptors (Lipinski definition) is 4. The zero-order chi connectivity index (χ0) is 15.3. The molecule has 0 fully saturated rings. The summed E-state index contributed by atoms with van der Waals surface area (Å²) in [5, 5.41) is 18.3. The van der Waals surface area contributed by atoms with Crippen LogP contribution < -0.4 is 5.73 Å². The van der Waals surface area contributed by atoms with E-state index in [-0.39, 0.29) is 18.4 Å². The van der Waals surface area contributed by atoms with Crippen molar-refractivity contribution in [3.05, 3.63) is 35.6 Å². The van der Waals surface area contributed by atoms with E-state index in [0.717, 1.165) is 0 Å². The Balaban J connectivity index is 2.79. The number of aliphatic carboxylic acids is 1. The third-order valence-electron chi connectivity index (χ3n) is 3.11. The molecule has 0 radical (unpaired) electrons. The molecule has 0 aliphatic rings. The number of halogens is 1. The van der Waals surface area contributed by atoms with Crippen LogP contribution in [0.2, 0.25) is 0 Å². The van der Waals surface area contributed by atoms with E-state index in [9.17, 15) is 19.1 Å². The number of nitrogens with two attached hydrogens (primary N) is 1. The van der Waals surface area contributed by atoms with Gasteiger partial charge in [0.25, 0.3) is 0 Å². The predicted octanol–water partition coefficient (Wildman–Crippen LogP) is 0.736. The smallest absolute Gasteiger partial charge is 0.307 e. The van der Waals surface area contributed by atoms with Gasteiger partial charge in [-0.3, -0.25) is 9.59 Å². The molecular weight excluding hydrogens is 265 g/mol. The number of Topliss-reactive ketones (excluding diaryl/α,β-unsaturated/α-hetero) is 1. The van der Waals surface area contributed by atoms with Gasteiger partial charge in [-0.05, 0) is 25.0 Å². The standard InChI is InChI=1S/C14H18FNO4/c1-8(17)13(16)12(18)7-10(14(19)20)6-9-4-2-3-5-11(9)15/h2-5,8,10,13,17H,6-7,16H2,1H3,(H,19,20)/t8-,10?,13+/m0/s1. The Morgan fingerprint density at radius 2 is 1.95 bits per heavy atom. The lowest BCUT2D eigenvalue weighted by molar-refractivity contribution is -0.144. The number of aliphatic hydroxyl groups is 1. The maximum atomic E-state index is 13.5. The van der Waals surface area contributed by atoms with Gasteiger partial charge in [0.15, 0.2) is 5.78 Å². The van der Waals surface area contributed by atoms with Crippen molar-refractivity contribution in [1.29, 1.82) is 0 Å². The molecule has 0 aliphatic heterocycles. The maximum Gasteiger partial charge on any atom is 0.307 e. The zero-order valence-corrected chi connectivity index (χ0v) is 11.1. The van der Waals surface area contributed by atoms with E-state index < -0.39 is 35.6 Å². The van der Waals surface area contributed by atoms with Gasteiger partial charge in [-0.2, -0.15) is 0 Å². The van der Waals surface area contributed by atoms with Crippen molar-refractivity contribution in [1.82, 2.24) is 0 Å². The number of aliphatic hydroxyl groups excluding tert-OH is 1. The van der Waals surface area contributed by atoms with Crippen molar-refractivity contribution < 1.29 is 24.2 Å². The molecule has 20 heavy (non-hydrogen) atoms.